The minimum Gasteiger partial charge on any atom is -0.390 e. The van der Waals surface area contributed by atoms with Gasteiger partial charge in [-0.3, -0.25) is 4.79 Å². The highest BCUT2D eigenvalue weighted by Gasteiger charge is 2.17. The number of hydrogen-bond donors (Lipinski definition) is 2. The SMILES string of the molecule is O=C(NCC(O)CN1CCCC1)c1ncn(-c2ccccc2)n1. The molecule has 0 spiro atoms. The monoisotopic (exact) mass is 315 g/mol. The average molecular weight is 315 g/mol. The summed E-state index contributed by atoms with van der Waals surface area (Å²) in [7, 11) is 0. The molecular formula is C16H21N5O2. The number of β-amino-alcohol motifs (C(OH)–C–C–N with tert-alkyl or cyclic N) is 1. The Balaban J connectivity index is 1.51. The van der Waals surface area contributed by atoms with Crippen LogP contribution in [0.25, 0.3) is 5.69 Å². The number of benzene rings is 1. The normalized spacial score (nSPS) is 16.4. The topological polar surface area (TPSA) is 83.3 Å². The van der Waals surface area contributed by atoms with E-state index in [2.05, 4.69) is 20.3 Å². The van der Waals surface area contributed by atoms with E-state index in [4.69, 9.17) is 0 Å². The standard InChI is InChI=1S/C16H21N5O2/c22-14(11-20-8-4-5-9-20)10-17-16(23)15-18-12-21(19-15)13-6-2-1-3-7-13/h1-3,6-7,12,14,22H,4-5,8-11H2,(H,17,23). The maximum absolute atomic E-state index is 12.1. The second-order valence-corrected chi connectivity index (χ2v) is 5.72. The molecule has 7 nitrogen and oxygen atoms in total. The molecule has 1 fully saturated rings. The summed E-state index contributed by atoms with van der Waals surface area (Å²) in [5.41, 5.74) is 0.841. The van der Waals surface area contributed by atoms with E-state index >= 15 is 0 Å². The van der Waals surface area contributed by atoms with Crippen molar-refractivity contribution in [1.82, 2.24) is 25.0 Å². The Hall–Kier alpha value is -2.25. The van der Waals surface area contributed by atoms with E-state index in [-0.39, 0.29) is 18.3 Å². The lowest BCUT2D eigenvalue weighted by atomic mass is 10.3. The number of nitrogens with one attached hydrogen (secondary N) is 1. The van der Waals surface area contributed by atoms with Crippen molar-refractivity contribution < 1.29 is 9.90 Å². The summed E-state index contributed by atoms with van der Waals surface area (Å²) in [4.78, 5) is 18.3. The highest BCUT2D eigenvalue weighted by molar-refractivity contribution is 5.90. The molecule has 2 N–H and O–H groups in total. The van der Waals surface area contributed by atoms with E-state index in [0.29, 0.717) is 6.54 Å². The Morgan fingerprint density at radius 1 is 1.26 bits per heavy atom. The van der Waals surface area contributed by atoms with Crippen molar-refractivity contribution in [3.63, 3.8) is 0 Å². The molecule has 2 aromatic rings. The van der Waals surface area contributed by atoms with Crippen molar-refractivity contribution in [1.29, 1.82) is 0 Å². The van der Waals surface area contributed by atoms with Crippen molar-refractivity contribution >= 4 is 5.91 Å². The van der Waals surface area contributed by atoms with Crippen molar-refractivity contribution in [3.8, 4) is 5.69 Å². The summed E-state index contributed by atoms with van der Waals surface area (Å²) < 4.78 is 1.55. The second kappa shape index (κ2) is 7.34. The molecule has 1 aromatic carbocycles. The number of rotatable bonds is 6. The molecule has 1 unspecified atom stereocenters. The molecule has 0 aliphatic carbocycles. The highest BCUT2D eigenvalue weighted by Crippen LogP contribution is 2.07. The Morgan fingerprint density at radius 2 is 2.00 bits per heavy atom. The van der Waals surface area contributed by atoms with Gasteiger partial charge >= 0.3 is 0 Å². The van der Waals surface area contributed by atoms with Crippen LogP contribution in [0.4, 0.5) is 0 Å². The zero-order valence-electron chi connectivity index (χ0n) is 12.9. The Kier molecular flexibility index (Phi) is 4.99. The number of aromatic nitrogens is 3. The van der Waals surface area contributed by atoms with Gasteiger partial charge in [0.05, 0.1) is 11.8 Å². The smallest absolute Gasteiger partial charge is 0.291 e. The van der Waals surface area contributed by atoms with Crippen molar-refractivity contribution in [2.45, 2.75) is 18.9 Å². The van der Waals surface area contributed by atoms with E-state index in [1.165, 1.54) is 19.2 Å². The summed E-state index contributed by atoms with van der Waals surface area (Å²) in [6, 6.07) is 9.47. The first kappa shape index (κ1) is 15.6. The van der Waals surface area contributed by atoms with Crippen LogP contribution < -0.4 is 5.32 Å². The van der Waals surface area contributed by atoms with Crippen LogP contribution in [0.3, 0.4) is 0 Å². The zero-order valence-corrected chi connectivity index (χ0v) is 12.9. The van der Waals surface area contributed by atoms with Crippen molar-refractivity contribution in [3.05, 3.63) is 42.5 Å². The first-order valence-corrected chi connectivity index (χ1v) is 7.88. The fraction of sp³-hybridized carbons (Fsp3) is 0.438. The highest BCUT2D eigenvalue weighted by atomic mass is 16.3. The molecule has 3 rings (SSSR count). The largest absolute Gasteiger partial charge is 0.390 e. The van der Waals surface area contributed by atoms with Crippen LogP contribution >= 0.6 is 0 Å². The molecule has 0 radical (unpaired) electrons. The first-order chi connectivity index (χ1) is 11.2. The fourth-order valence-corrected chi connectivity index (χ4v) is 2.69. The Morgan fingerprint density at radius 3 is 2.74 bits per heavy atom. The molecule has 0 saturated carbocycles. The number of carbonyl (C=O) groups is 1. The summed E-state index contributed by atoms with van der Waals surface area (Å²) in [5.74, 6) is -0.276. The van der Waals surface area contributed by atoms with Crippen LogP contribution in [0, 0.1) is 0 Å². The number of amides is 1. The minimum absolute atomic E-state index is 0.0993. The van der Waals surface area contributed by atoms with Crippen LogP contribution in [-0.2, 0) is 0 Å². The van der Waals surface area contributed by atoms with Crippen LogP contribution in [0.5, 0.6) is 0 Å². The lowest BCUT2D eigenvalue weighted by Gasteiger charge is -2.19. The van der Waals surface area contributed by atoms with Gasteiger partial charge in [-0.25, -0.2) is 9.67 Å². The number of aliphatic hydroxyl groups is 1. The molecule has 1 amide bonds. The summed E-state index contributed by atoms with van der Waals surface area (Å²) in [6.45, 7) is 2.84. The number of para-hydroxylation sites is 1. The molecule has 1 aliphatic rings. The fourth-order valence-electron chi connectivity index (χ4n) is 2.69. The predicted molar refractivity (Wildman–Crippen MR) is 85.4 cm³/mol. The predicted octanol–water partition coefficient (Wildman–Crippen LogP) is 0.454. The molecule has 122 valence electrons. The van der Waals surface area contributed by atoms with Gasteiger partial charge in [0.15, 0.2) is 0 Å². The van der Waals surface area contributed by atoms with Gasteiger partial charge in [0.2, 0.25) is 5.82 Å². The van der Waals surface area contributed by atoms with E-state index < -0.39 is 6.10 Å². The number of hydrogen-bond acceptors (Lipinski definition) is 5. The van der Waals surface area contributed by atoms with Gasteiger partial charge in [-0.15, -0.1) is 5.10 Å². The van der Waals surface area contributed by atoms with Crippen molar-refractivity contribution in [2.24, 2.45) is 0 Å². The van der Waals surface area contributed by atoms with E-state index in [9.17, 15) is 9.90 Å². The van der Waals surface area contributed by atoms with E-state index in [1.807, 2.05) is 30.3 Å². The van der Waals surface area contributed by atoms with Crippen LogP contribution in [0.15, 0.2) is 36.7 Å². The first-order valence-electron chi connectivity index (χ1n) is 7.88. The maximum Gasteiger partial charge on any atom is 0.291 e. The zero-order chi connectivity index (χ0) is 16.1. The number of likely N-dealkylation sites (tertiary alicyclic amines) is 1. The van der Waals surface area contributed by atoms with Crippen LogP contribution in [0.1, 0.15) is 23.5 Å². The van der Waals surface area contributed by atoms with Gasteiger partial charge < -0.3 is 15.3 Å². The molecule has 1 aromatic heterocycles. The summed E-state index contributed by atoms with van der Waals surface area (Å²) >= 11 is 0. The average Bonchev–Trinajstić information content (AvgIpc) is 3.25. The third-order valence-corrected chi connectivity index (χ3v) is 3.88. The quantitative estimate of drug-likeness (QED) is 0.809. The van der Waals surface area contributed by atoms with Gasteiger partial charge in [0.1, 0.15) is 6.33 Å². The summed E-state index contributed by atoms with van der Waals surface area (Å²) in [5, 5.41) is 16.8. The molecule has 1 saturated heterocycles. The van der Waals surface area contributed by atoms with Crippen LogP contribution in [0.2, 0.25) is 0 Å². The molecule has 0 bridgehead atoms. The third kappa shape index (κ3) is 4.14. The minimum atomic E-state index is -0.576. The molecule has 7 heteroatoms. The Labute approximate surface area is 134 Å². The lowest BCUT2D eigenvalue weighted by Crippen LogP contribution is -2.39. The number of aliphatic hydroxyl groups excluding tert-OH is 1. The molecule has 1 atom stereocenters. The maximum atomic E-state index is 12.1. The molecule has 23 heavy (non-hydrogen) atoms. The van der Waals surface area contributed by atoms with Gasteiger partial charge in [0, 0.05) is 13.1 Å². The number of carbonyl (C=O) groups excluding carboxylic acids is 1. The van der Waals surface area contributed by atoms with Gasteiger partial charge in [-0.1, -0.05) is 18.2 Å². The Bertz CT molecular complexity index is 637. The van der Waals surface area contributed by atoms with Gasteiger partial charge in [-0.2, -0.15) is 0 Å². The second-order valence-electron chi connectivity index (χ2n) is 5.72. The number of nitrogens with zero attached hydrogens (tertiary/aromatic N) is 4. The van der Waals surface area contributed by atoms with Gasteiger partial charge in [-0.05, 0) is 38.1 Å². The van der Waals surface area contributed by atoms with E-state index in [1.54, 1.807) is 4.68 Å². The van der Waals surface area contributed by atoms with Crippen LogP contribution in [-0.4, -0.2) is 63.0 Å². The molecule has 1 aliphatic heterocycles. The summed E-state index contributed by atoms with van der Waals surface area (Å²) in [6.07, 6.45) is 3.29. The van der Waals surface area contributed by atoms with Gasteiger partial charge in [0.25, 0.3) is 5.91 Å². The molecular weight excluding hydrogens is 294 g/mol. The lowest BCUT2D eigenvalue weighted by molar-refractivity contribution is 0.0870. The third-order valence-electron chi connectivity index (χ3n) is 3.88. The van der Waals surface area contributed by atoms with E-state index in [0.717, 1.165) is 18.8 Å². The van der Waals surface area contributed by atoms with Crippen molar-refractivity contribution in [2.75, 3.05) is 26.2 Å². The molecule has 2 heterocycles.